The van der Waals surface area contributed by atoms with Gasteiger partial charge in [-0.15, -0.1) is 6.58 Å². The van der Waals surface area contributed by atoms with E-state index in [1.807, 2.05) is 24.3 Å². The molecule has 0 atom stereocenters. The molecular weight excluding hydrogens is 268 g/mol. The maximum Gasteiger partial charge on any atom is 0.189 e. The van der Waals surface area contributed by atoms with Crippen LogP contribution < -0.4 is 0 Å². The molecule has 0 aromatic heterocycles. The Labute approximate surface area is 104 Å². The maximum atomic E-state index is 11.7. The number of halogens is 1. The molecule has 0 unspecified atom stereocenters. The molecule has 0 saturated carbocycles. The highest BCUT2D eigenvalue weighted by Crippen LogP contribution is 2.16. The van der Waals surface area contributed by atoms with E-state index in [9.17, 15) is 4.79 Å². The second kappa shape index (κ2) is 7.36. The minimum atomic E-state index is 0.00563. The van der Waals surface area contributed by atoms with Gasteiger partial charge in [-0.05, 0) is 18.9 Å². The standard InChI is InChI=1S/C13H15BrO2/c1-2-3-6-9-16-10-13(15)11-7-4-5-8-12(11)14/h2,4-5,7-8H,1,3,6,9-10H2. The number of benzene rings is 1. The quantitative estimate of drug-likeness (QED) is 0.434. The van der Waals surface area contributed by atoms with E-state index in [1.54, 1.807) is 6.07 Å². The van der Waals surface area contributed by atoms with Crippen molar-refractivity contribution >= 4 is 21.7 Å². The smallest absolute Gasteiger partial charge is 0.189 e. The van der Waals surface area contributed by atoms with Gasteiger partial charge < -0.3 is 4.74 Å². The van der Waals surface area contributed by atoms with E-state index in [1.165, 1.54) is 0 Å². The zero-order valence-corrected chi connectivity index (χ0v) is 10.7. The molecule has 1 rings (SSSR count). The highest BCUT2D eigenvalue weighted by atomic mass is 79.9. The lowest BCUT2D eigenvalue weighted by molar-refractivity contribution is 0.0756. The minimum Gasteiger partial charge on any atom is -0.373 e. The number of rotatable bonds is 7. The molecule has 0 fully saturated rings. The maximum absolute atomic E-state index is 11.7. The fraction of sp³-hybridized carbons (Fsp3) is 0.308. The summed E-state index contributed by atoms with van der Waals surface area (Å²) in [6.45, 7) is 4.36. The Morgan fingerprint density at radius 1 is 1.44 bits per heavy atom. The van der Waals surface area contributed by atoms with Gasteiger partial charge in [0.2, 0.25) is 0 Å². The predicted octanol–water partition coefficient (Wildman–Crippen LogP) is 3.61. The average molecular weight is 283 g/mol. The Hall–Kier alpha value is -0.930. The van der Waals surface area contributed by atoms with Crippen molar-refractivity contribution in [3.63, 3.8) is 0 Å². The summed E-state index contributed by atoms with van der Waals surface area (Å²) in [7, 11) is 0. The molecule has 16 heavy (non-hydrogen) atoms. The number of Topliss-reactive ketones (excluding diaryl/α,β-unsaturated/α-hetero) is 1. The summed E-state index contributed by atoms with van der Waals surface area (Å²) >= 11 is 3.34. The second-order valence-electron chi connectivity index (χ2n) is 3.39. The van der Waals surface area contributed by atoms with Crippen LogP contribution in [0, 0.1) is 0 Å². The summed E-state index contributed by atoms with van der Waals surface area (Å²) in [6, 6.07) is 7.37. The summed E-state index contributed by atoms with van der Waals surface area (Å²) in [5.41, 5.74) is 0.672. The van der Waals surface area contributed by atoms with Crippen molar-refractivity contribution in [1.29, 1.82) is 0 Å². The third kappa shape index (κ3) is 4.29. The summed E-state index contributed by atoms with van der Waals surface area (Å²) in [4.78, 5) is 11.7. The van der Waals surface area contributed by atoms with Crippen molar-refractivity contribution < 1.29 is 9.53 Å². The van der Waals surface area contributed by atoms with E-state index in [0.717, 1.165) is 17.3 Å². The fourth-order valence-electron chi connectivity index (χ4n) is 1.26. The number of carbonyl (C=O) groups excluding carboxylic acids is 1. The van der Waals surface area contributed by atoms with Crippen LogP contribution in [0.25, 0.3) is 0 Å². The molecule has 1 aromatic carbocycles. The van der Waals surface area contributed by atoms with Crippen molar-refractivity contribution in [2.24, 2.45) is 0 Å². The topological polar surface area (TPSA) is 26.3 Å². The molecule has 0 saturated heterocycles. The van der Waals surface area contributed by atoms with E-state index in [4.69, 9.17) is 4.74 Å². The number of carbonyl (C=O) groups is 1. The van der Waals surface area contributed by atoms with Gasteiger partial charge in [-0.25, -0.2) is 0 Å². The molecule has 2 nitrogen and oxygen atoms in total. The molecule has 0 spiro atoms. The van der Waals surface area contributed by atoms with E-state index in [-0.39, 0.29) is 12.4 Å². The third-order valence-corrected chi connectivity index (χ3v) is 2.80. The van der Waals surface area contributed by atoms with Gasteiger partial charge in [-0.3, -0.25) is 4.79 Å². The third-order valence-electron chi connectivity index (χ3n) is 2.10. The fourth-order valence-corrected chi connectivity index (χ4v) is 1.77. The van der Waals surface area contributed by atoms with Crippen molar-refractivity contribution in [3.05, 3.63) is 47.0 Å². The van der Waals surface area contributed by atoms with Gasteiger partial charge >= 0.3 is 0 Å². The first-order valence-corrected chi connectivity index (χ1v) is 6.01. The zero-order chi connectivity index (χ0) is 11.8. The van der Waals surface area contributed by atoms with Gasteiger partial charge in [0.25, 0.3) is 0 Å². The second-order valence-corrected chi connectivity index (χ2v) is 4.24. The number of hydrogen-bond donors (Lipinski definition) is 0. The molecular formula is C13H15BrO2. The largest absolute Gasteiger partial charge is 0.373 e. The average Bonchev–Trinajstić information content (AvgIpc) is 2.29. The highest BCUT2D eigenvalue weighted by Gasteiger charge is 2.08. The first-order valence-electron chi connectivity index (χ1n) is 5.22. The zero-order valence-electron chi connectivity index (χ0n) is 9.12. The summed E-state index contributed by atoms with van der Waals surface area (Å²) < 4.78 is 6.10. The van der Waals surface area contributed by atoms with Crippen LogP contribution in [0.5, 0.6) is 0 Å². The van der Waals surface area contributed by atoms with Crippen LogP contribution in [-0.4, -0.2) is 19.0 Å². The predicted molar refractivity (Wildman–Crippen MR) is 68.7 cm³/mol. The molecule has 0 N–H and O–H groups in total. The van der Waals surface area contributed by atoms with E-state index < -0.39 is 0 Å². The van der Waals surface area contributed by atoms with E-state index in [2.05, 4.69) is 22.5 Å². The van der Waals surface area contributed by atoms with Crippen molar-refractivity contribution in [2.45, 2.75) is 12.8 Å². The number of ketones is 1. The molecule has 0 amide bonds. The summed E-state index contributed by atoms with van der Waals surface area (Å²) in [6.07, 6.45) is 3.68. The van der Waals surface area contributed by atoms with Crippen LogP contribution >= 0.6 is 15.9 Å². The molecule has 0 heterocycles. The van der Waals surface area contributed by atoms with Gasteiger partial charge in [-0.2, -0.15) is 0 Å². The van der Waals surface area contributed by atoms with Gasteiger partial charge in [-0.1, -0.05) is 40.2 Å². The Morgan fingerprint density at radius 3 is 2.88 bits per heavy atom. The Kier molecular flexibility index (Phi) is 6.04. The number of ether oxygens (including phenoxy) is 1. The number of unbranched alkanes of at least 4 members (excludes halogenated alkanes) is 1. The molecule has 0 radical (unpaired) electrons. The SMILES string of the molecule is C=CCCCOCC(=O)c1ccccc1Br. The number of hydrogen-bond acceptors (Lipinski definition) is 2. The van der Waals surface area contributed by atoms with Crippen LogP contribution in [0.3, 0.4) is 0 Å². The van der Waals surface area contributed by atoms with Crippen LogP contribution in [-0.2, 0) is 4.74 Å². The Morgan fingerprint density at radius 2 is 2.19 bits per heavy atom. The first kappa shape index (κ1) is 13.1. The van der Waals surface area contributed by atoms with E-state index >= 15 is 0 Å². The molecule has 0 aliphatic heterocycles. The lowest BCUT2D eigenvalue weighted by Crippen LogP contribution is -2.10. The molecule has 1 aromatic rings. The van der Waals surface area contributed by atoms with Crippen molar-refractivity contribution in [1.82, 2.24) is 0 Å². The summed E-state index contributed by atoms with van der Waals surface area (Å²) in [5, 5.41) is 0. The van der Waals surface area contributed by atoms with Gasteiger partial charge in [0.15, 0.2) is 5.78 Å². The Balaban J connectivity index is 2.36. The number of allylic oxidation sites excluding steroid dienone is 1. The Bertz CT molecular complexity index is 361. The van der Waals surface area contributed by atoms with E-state index in [0.29, 0.717) is 12.2 Å². The van der Waals surface area contributed by atoms with Gasteiger partial charge in [0.1, 0.15) is 6.61 Å². The van der Waals surface area contributed by atoms with Crippen LogP contribution in [0.2, 0.25) is 0 Å². The van der Waals surface area contributed by atoms with Crippen molar-refractivity contribution in [2.75, 3.05) is 13.2 Å². The molecule has 0 aliphatic carbocycles. The molecule has 3 heteroatoms. The van der Waals surface area contributed by atoms with Gasteiger partial charge in [0.05, 0.1) is 0 Å². The molecule has 0 bridgehead atoms. The lowest BCUT2D eigenvalue weighted by atomic mass is 10.1. The van der Waals surface area contributed by atoms with Crippen LogP contribution in [0.1, 0.15) is 23.2 Å². The molecule has 0 aliphatic rings. The summed E-state index contributed by atoms with van der Waals surface area (Å²) in [5.74, 6) is 0.00563. The first-order chi connectivity index (χ1) is 7.75. The monoisotopic (exact) mass is 282 g/mol. The normalized spacial score (nSPS) is 10.1. The highest BCUT2D eigenvalue weighted by molar-refractivity contribution is 9.10. The van der Waals surface area contributed by atoms with Gasteiger partial charge in [0, 0.05) is 16.6 Å². The minimum absolute atomic E-state index is 0.00563. The lowest BCUT2D eigenvalue weighted by Gasteiger charge is -2.04. The van der Waals surface area contributed by atoms with Crippen LogP contribution in [0.4, 0.5) is 0 Å². The van der Waals surface area contributed by atoms with Crippen molar-refractivity contribution in [3.8, 4) is 0 Å². The van der Waals surface area contributed by atoms with Crippen LogP contribution in [0.15, 0.2) is 41.4 Å². The molecule has 86 valence electrons.